The Morgan fingerprint density at radius 2 is 0.767 bits per heavy atom. The van der Waals surface area contributed by atoms with Gasteiger partial charge in [0.1, 0.15) is 40.6 Å². The summed E-state index contributed by atoms with van der Waals surface area (Å²) in [5, 5.41) is 7.04. The summed E-state index contributed by atoms with van der Waals surface area (Å²) in [6, 6.07) is 45.4. The number of hydrogen-bond donors (Lipinski definition) is 0. The second-order valence-corrected chi connectivity index (χ2v) is 30.0. The first-order valence-electron chi connectivity index (χ1n) is 36.9. The highest BCUT2D eigenvalue weighted by Gasteiger charge is 2.20. The standard InChI is InChI=1S/C19H17FN4O.C18H14Cl2N4O.C18H14ClFN4O.C18H17N3OS.C17H15N3OS/c1-13-3-4-23-16(5-13)9-19(25)14-6-15(20)8-17(7-14)24(2)18-10-21-12-22-11-18;1-24(17-9-22-11-23-10-17)16-5-13(4-14(19)6-16)18(25)3-12-2-15(20)8-21-7-12;1-24(17-9-21-11-22-10-17)16-5-12(4-14(20)7-16)18(25)8-15-6-13(19)2-3-23-15;1-13-12-23-18(20-13)10-17(22)14-5-3-6-15(9-14)21(2)16-7-4-8-19-11-16;1-20(15-6-3-7-18-12-15)14-5-2-4-13(10-14)16(21)11-17-19-8-9-22-17/h3-8,10-12H,9H2,1-2H3;2,4-11H,3H2,1H3;2-7,9-11H,8H2,1H3;3-9,11-12H,10H2,1-2H3;2-10,12H,11H2,1H3. The van der Waals surface area contributed by atoms with Gasteiger partial charge in [0.05, 0.1) is 109 Å². The van der Waals surface area contributed by atoms with Crippen molar-refractivity contribution in [2.24, 2.45) is 0 Å². The van der Waals surface area contributed by atoms with E-state index in [-0.39, 0.29) is 53.7 Å². The molecule has 0 aliphatic heterocycles. The van der Waals surface area contributed by atoms with Gasteiger partial charge in [0, 0.05) is 179 Å². The number of halogens is 5. The number of hydrogen-bond acceptors (Lipinski definition) is 25. The number of pyridine rings is 5. The number of ketones is 5. The van der Waals surface area contributed by atoms with Gasteiger partial charge in [-0.3, -0.25) is 48.9 Å². The van der Waals surface area contributed by atoms with Crippen molar-refractivity contribution in [3.05, 3.63) is 373 Å². The van der Waals surface area contributed by atoms with Crippen molar-refractivity contribution in [2.45, 2.75) is 46.0 Å². The third-order valence-electron chi connectivity index (χ3n) is 18.1. The number of aromatic nitrogens is 13. The van der Waals surface area contributed by atoms with Crippen LogP contribution in [0.2, 0.25) is 15.1 Å². The smallest absolute Gasteiger partial charge is 0.169 e. The molecule has 0 radical (unpaired) electrons. The molecule has 0 fully saturated rings. The SMILES string of the molecule is CN(c1cccnc1)c1cccc(C(=O)Cc2nccs2)c1.CN(c1cncnc1)c1cc(Cl)cc(C(=O)Cc2cncc(Cl)c2)c1.CN(c1cncnc1)c1cc(F)cc(C(=O)Cc2cc(Cl)ccn2)c1.Cc1ccnc(CC(=O)c2cc(F)cc(N(C)c3cncnc3)c2)c1.Cc1csc(CC(=O)c2cccc(N(C)c3cccnc3)c2)n1. The first kappa shape index (κ1) is 87.3. The molecule has 0 aliphatic rings. The molecule has 0 atom stereocenters. The van der Waals surface area contributed by atoms with Crippen molar-refractivity contribution in [1.82, 2.24) is 64.8 Å². The number of thiazole rings is 2. The molecule has 0 spiro atoms. The Labute approximate surface area is 714 Å². The fourth-order valence-corrected chi connectivity index (χ4v) is 13.7. The van der Waals surface area contributed by atoms with Crippen molar-refractivity contribution in [2.75, 3.05) is 59.7 Å². The third kappa shape index (κ3) is 25.7. The Kier molecular flexibility index (Phi) is 31.3. The molecule has 0 bridgehead atoms. The summed E-state index contributed by atoms with van der Waals surface area (Å²) >= 11 is 21.1. The second kappa shape index (κ2) is 43.0. The molecular weight excluding hydrogens is 1620 g/mol. The quantitative estimate of drug-likeness (QED) is 0.0481. The second-order valence-electron chi connectivity index (χ2n) is 26.8. The molecule has 10 heterocycles. The maximum atomic E-state index is 14.0. The van der Waals surface area contributed by atoms with E-state index in [2.05, 4.69) is 64.8 Å². The van der Waals surface area contributed by atoms with Gasteiger partial charge in [-0.15, -0.1) is 22.7 Å². The molecule has 0 saturated heterocycles. The number of benzene rings is 5. The highest BCUT2D eigenvalue weighted by molar-refractivity contribution is 7.10. The molecule has 0 aliphatic carbocycles. The molecule has 0 amide bonds. The molecular formula is C90H77Cl3F2N18O5S2. The average Bonchev–Trinajstić information content (AvgIpc) is 1.03. The van der Waals surface area contributed by atoms with Crippen molar-refractivity contribution >= 4 is 143 Å². The summed E-state index contributed by atoms with van der Waals surface area (Å²) < 4.78 is 28.1. The summed E-state index contributed by atoms with van der Waals surface area (Å²) in [7, 11) is 9.30. The predicted octanol–water partition coefficient (Wildman–Crippen LogP) is 19.5. The van der Waals surface area contributed by atoms with Crippen LogP contribution in [0.5, 0.6) is 0 Å². The number of carbonyl (C=O) groups excluding carboxylic acids is 5. The van der Waals surface area contributed by atoms with Crippen molar-refractivity contribution < 1.29 is 32.8 Å². The number of nitrogens with zero attached hydrogens (tertiary/aromatic N) is 18. The fraction of sp³-hybridized carbons (Fsp3) is 0.133. The van der Waals surface area contributed by atoms with Gasteiger partial charge >= 0.3 is 0 Å². The zero-order valence-corrected chi connectivity index (χ0v) is 69.8. The molecule has 0 saturated carbocycles. The van der Waals surface area contributed by atoms with Crippen LogP contribution in [0.4, 0.5) is 65.7 Å². The first-order valence-corrected chi connectivity index (χ1v) is 39.8. The van der Waals surface area contributed by atoms with E-state index in [1.807, 2.05) is 145 Å². The van der Waals surface area contributed by atoms with E-state index in [9.17, 15) is 32.8 Å². The van der Waals surface area contributed by atoms with Gasteiger partial charge in [0.15, 0.2) is 28.9 Å². The monoisotopic (exact) mass is 1700 g/mol. The summed E-state index contributed by atoms with van der Waals surface area (Å²) in [5.41, 5.74) is 14.3. The van der Waals surface area contributed by atoms with Crippen LogP contribution in [0.15, 0.2) is 280 Å². The molecule has 10 aromatic heterocycles. The lowest BCUT2D eigenvalue weighted by Gasteiger charge is -2.19. The molecule has 23 nitrogen and oxygen atoms in total. The lowest BCUT2D eigenvalue weighted by atomic mass is 10.0. The summed E-state index contributed by atoms with van der Waals surface area (Å²) in [4.78, 5) is 125. The molecule has 604 valence electrons. The Bertz CT molecular complexity index is 5610. The van der Waals surface area contributed by atoms with Gasteiger partial charge in [-0.25, -0.2) is 48.7 Å². The van der Waals surface area contributed by atoms with Gasteiger partial charge in [0.2, 0.25) is 0 Å². The highest BCUT2D eigenvalue weighted by atomic mass is 35.5. The normalized spacial score (nSPS) is 10.5. The molecule has 0 unspecified atom stereocenters. The van der Waals surface area contributed by atoms with E-state index in [0.29, 0.717) is 84.3 Å². The Hall–Kier alpha value is -13.6. The summed E-state index contributed by atoms with van der Waals surface area (Å²) in [6.07, 6.45) is 30.3. The van der Waals surface area contributed by atoms with E-state index >= 15 is 0 Å². The van der Waals surface area contributed by atoms with Crippen LogP contribution in [0.3, 0.4) is 0 Å². The first-order chi connectivity index (χ1) is 57.9. The van der Waals surface area contributed by atoms with Crippen LogP contribution >= 0.6 is 57.5 Å². The Balaban J connectivity index is 0.000000147. The number of rotatable bonds is 25. The van der Waals surface area contributed by atoms with Crippen LogP contribution < -0.4 is 24.5 Å². The van der Waals surface area contributed by atoms with Crippen molar-refractivity contribution in [3.63, 3.8) is 0 Å². The molecule has 30 heteroatoms. The maximum Gasteiger partial charge on any atom is 0.169 e. The summed E-state index contributed by atoms with van der Waals surface area (Å²) in [6.45, 7) is 3.88. The van der Waals surface area contributed by atoms with Gasteiger partial charge in [-0.05, 0) is 158 Å². The maximum absolute atomic E-state index is 14.0. The van der Waals surface area contributed by atoms with Crippen LogP contribution in [0, 0.1) is 25.5 Å². The molecule has 15 rings (SSSR count). The zero-order valence-electron chi connectivity index (χ0n) is 65.9. The predicted molar refractivity (Wildman–Crippen MR) is 469 cm³/mol. The minimum Gasteiger partial charge on any atom is -0.343 e. The van der Waals surface area contributed by atoms with E-state index in [0.717, 1.165) is 61.0 Å². The lowest BCUT2D eigenvalue weighted by molar-refractivity contribution is 0.0983. The number of carbonyl (C=O) groups is 5. The zero-order chi connectivity index (χ0) is 85.0. The van der Waals surface area contributed by atoms with Gasteiger partial charge < -0.3 is 24.5 Å². The van der Waals surface area contributed by atoms with Crippen LogP contribution in [0.1, 0.15) is 90.0 Å². The molecule has 15 aromatic rings. The van der Waals surface area contributed by atoms with Crippen LogP contribution in [-0.2, 0) is 32.1 Å². The van der Waals surface area contributed by atoms with Crippen LogP contribution in [0.25, 0.3) is 0 Å². The highest BCUT2D eigenvalue weighted by Crippen LogP contribution is 2.32. The summed E-state index contributed by atoms with van der Waals surface area (Å²) in [5.74, 6) is -1.29. The Morgan fingerprint density at radius 3 is 1.22 bits per heavy atom. The number of aryl methyl sites for hydroxylation is 2. The van der Waals surface area contributed by atoms with Gasteiger partial charge in [0.25, 0.3) is 0 Å². The lowest BCUT2D eigenvalue weighted by Crippen LogP contribution is -2.12. The minimum atomic E-state index is -0.497. The molecule has 0 N–H and O–H groups in total. The van der Waals surface area contributed by atoms with Gasteiger partial charge in [-0.2, -0.15) is 0 Å². The largest absolute Gasteiger partial charge is 0.343 e. The number of anilines is 10. The number of Topliss-reactive ketones (excluding diaryl/α,β-unsaturated/α-hetero) is 5. The fourth-order valence-electron chi connectivity index (χ4n) is 11.7. The van der Waals surface area contributed by atoms with E-state index < -0.39 is 11.6 Å². The Morgan fingerprint density at radius 1 is 0.333 bits per heavy atom. The van der Waals surface area contributed by atoms with Crippen molar-refractivity contribution in [1.29, 1.82) is 0 Å². The molecule has 5 aromatic carbocycles. The van der Waals surface area contributed by atoms with Crippen LogP contribution in [-0.4, -0.2) is 129 Å². The average molecular weight is 1700 g/mol. The van der Waals surface area contributed by atoms with E-state index in [1.165, 1.54) is 78.3 Å². The minimum absolute atomic E-state index is 0.0433. The van der Waals surface area contributed by atoms with Gasteiger partial charge in [-0.1, -0.05) is 59.1 Å². The third-order valence-corrected chi connectivity index (χ3v) is 20.5. The van der Waals surface area contributed by atoms with E-state index in [4.69, 9.17) is 34.8 Å². The van der Waals surface area contributed by atoms with Crippen molar-refractivity contribution in [3.8, 4) is 0 Å². The van der Waals surface area contributed by atoms with E-state index in [1.54, 1.807) is 153 Å². The molecule has 120 heavy (non-hydrogen) atoms. The topological polar surface area (TPSA) is 269 Å².